The summed E-state index contributed by atoms with van der Waals surface area (Å²) >= 11 is 0. The minimum atomic E-state index is -0.107. The number of phenols is 1. The van der Waals surface area contributed by atoms with Gasteiger partial charge in [-0.2, -0.15) is 5.10 Å². The molecule has 6 nitrogen and oxygen atoms in total. The van der Waals surface area contributed by atoms with Gasteiger partial charge in [0, 0.05) is 11.1 Å². The van der Waals surface area contributed by atoms with Crippen molar-refractivity contribution in [1.82, 2.24) is 5.43 Å². The number of carbonyl (C=O) groups excluding carboxylic acids is 1. The highest BCUT2D eigenvalue weighted by atomic mass is 16.3. The first-order valence-electron chi connectivity index (χ1n) is 10.1. The molecular weight excluding hydrogens is 364 g/mol. The number of allylic oxidation sites excluding steroid dienone is 1. The molecule has 1 saturated heterocycles. The molecule has 0 unspecified atom stereocenters. The van der Waals surface area contributed by atoms with Crippen LogP contribution in [0.4, 0.5) is 0 Å². The molecular formula is C23H30N4O2+2. The summed E-state index contributed by atoms with van der Waals surface area (Å²) in [5.41, 5.74) is 5.31. The van der Waals surface area contributed by atoms with E-state index in [0.717, 1.165) is 38.3 Å². The Bertz CT molecular complexity index is 843. The van der Waals surface area contributed by atoms with Crippen molar-refractivity contribution in [3.63, 3.8) is 0 Å². The lowest BCUT2D eigenvalue weighted by atomic mass is 10.1. The van der Waals surface area contributed by atoms with Crippen molar-refractivity contribution in [2.24, 2.45) is 5.10 Å². The second kappa shape index (κ2) is 10.5. The van der Waals surface area contributed by atoms with E-state index in [2.05, 4.69) is 41.4 Å². The third kappa shape index (κ3) is 6.27. The number of hydrazone groups is 1. The molecule has 0 bridgehead atoms. The van der Waals surface area contributed by atoms with Gasteiger partial charge in [-0.3, -0.25) is 4.79 Å². The van der Waals surface area contributed by atoms with Crippen LogP contribution in [0, 0.1) is 0 Å². The Balaban J connectivity index is 1.42. The third-order valence-electron chi connectivity index (χ3n) is 5.28. The van der Waals surface area contributed by atoms with E-state index < -0.39 is 0 Å². The smallest absolute Gasteiger partial charge is 0.295 e. The van der Waals surface area contributed by atoms with Crippen LogP contribution in [0.25, 0.3) is 0 Å². The van der Waals surface area contributed by atoms with Crippen LogP contribution in [0.2, 0.25) is 0 Å². The second-order valence-electron chi connectivity index (χ2n) is 7.48. The molecule has 6 heteroatoms. The number of benzene rings is 2. The maximum atomic E-state index is 12.2. The SMILES string of the molecule is C=CCc1cccc(C=NNC(=O)C[NH+]2CC[NH+](Cc3ccccc3)CC2)c1O. The first-order chi connectivity index (χ1) is 14.2. The Hall–Kier alpha value is -2.96. The fourth-order valence-corrected chi connectivity index (χ4v) is 3.67. The molecule has 2 aromatic rings. The molecule has 0 aliphatic carbocycles. The number of nitrogens with zero attached hydrogens (tertiary/aromatic N) is 1. The summed E-state index contributed by atoms with van der Waals surface area (Å²) in [6.07, 6.45) is 3.81. The van der Waals surface area contributed by atoms with Crippen molar-refractivity contribution < 1.29 is 19.7 Å². The predicted octanol–water partition coefficient (Wildman–Crippen LogP) is -0.446. The van der Waals surface area contributed by atoms with Crippen LogP contribution in [0.5, 0.6) is 5.75 Å². The Morgan fingerprint density at radius 3 is 2.52 bits per heavy atom. The number of nitrogens with one attached hydrogen (secondary N) is 3. The molecule has 1 amide bonds. The molecule has 1 aliphatic rings. The summed E-state index contributed by atoms with van der Waals surface area (Å²) in [6.45, 7) is 9.22. The lowest BCUT2D eigenvalue weighted by Gasteiger charge is -2.29. The predicted molar refractivity (Wildman–Crippen MR) is 114 cm³/mol. The van der Waals surface area contributed by atoms with Gasteiger partial charge < -0.3 is 14.9 Å². The lowest BCUT2D eigenvalue weighted by Crippen LogP contribution is -3.28. The molecule has 0 aromatic heterocycles. The average Bonchev–Trinajstić information content (AvgIpc) is 2.73. The van der Waals surface area contributed by atoms with Crippen molar-refractivity contribution in [3.05, 3.63) is 77.9 Å². The maximum absolute atomic E-state index is 12.2. The molecule has 0 saturated carbocycles. The number of amides is 1. The standard InChI is InChI=1S/C23H28N4O2/c1-2-7-20-10-6-11-21(23(20)29)16-24-25-22(28)18-27-14-12-26(13-15-27)17-19-8-4-3-5-9-19/h2-6,8-11,16,29H,1,7,12-15,17-18H2,(H,25,28)/p+2. The van der Waals surface area contributed by atoms with Gasteiger partial charge in [-0.1, -0.05) is 48.5 Å². The van der Waals surface area contributed by atoms with Crippen molar-refractivity contribution >= 4 is 12.1 Å². The van der Waals surface area contributed by atoms with E-state index in [9.17, 15) is 9.90 Å². The Kier molecular flexibility index (Phi) is 7.55. The van der Waals surface area contributed by atoms with Gasteiger partial charge >= 0.3 is 0 Å². The first kappa shape index (κ1) is 20.8. The van der Waals surface area contributed by atoms with Crippen molar-refractivity contribution in [3.8, 4) is 5.75 Å². The third-order valence-corrected chi connectivity index (χ3v) is 5.28. The molecule has 1 aliphatic heterocycles. The van der Waals surface area contributed by atoms with E-state index in [4.69, 9.17) is 0 Å². The first-order valence-corrected chi connectivity index (χ1v) is 10.1. The van der Waals surface area contributed by atoms with Crippen LogP contribution in [0.15, 0.2) is 66.3 Å². The summed E-state index contributed by atoms with van der Waals surface area (Å²) in [5, 5.41) is 14.2. The van der Waals surface area contributed by atoms with Gasteiger partial charge in [-0.25, -0.2) is 5.43 Å². The number of quaternary nitrogens is 2. The van der Waals surface area contributed by atoms with E-state index >= 15 is 0 Å². The van der Waals surface area contributed by atoms with Crippen LogP contribution in [-0.2, 0) is 17.8 Å². The van der Waals surface area contributed by atoms with Crippen LogP contribution in [-0.4, -0.2) is 50.0 Å². The van der Waals surface area contributed by atoms with E-state index in [1.807, 2.05) is 18.2 Å². The number of carbonyl (C=O) groups is 1. The molecule has 3 rings (SSSR count). The molecule has 0 radical (unpaired) electrons. The van der Waals surface area contributed by atoms with Crippen molar-refractivity contribution in [2.45, 2.75) is 13.0 Å². The summed E-state index contributed by atoms with van der Waals surface area (Å²) in [7, 11) is 0. The van der Waals surface area contributed by atoms with Crippen molar-refractivity contribution in [1.29, 1.82) is 0 Å². The van der Waals surface area contributed by atoms with E-state index in [-0.39, 0.29) is 11.7 Å². The van der Waals surface area contributed by atoms with E-state index in [1.54, 1.807) is 17.0 Å². The fourth-order valence-electron chi connectivity index (χ4n) is 3.67. The zero-order chi connectivity index (χ0) is 20.5. The minimum Gasteiger partial charge on any atom is -0.507 e. The quantitative estimate of drug-likeness (QED) is 0.278. The summed E-state index contributed by atoms with van der Waals surface area (Å²) in [4.78, 5) is 15.0. The summed E-state index contributed by atoms with van der Waals surface area (Å²) < 4.78 is 0. The normalized spacial score (nSPS) is 19.2. The topological polar surface area (TPSA) is 70.6 Å². The van der Waals surface area contributed by atoms with Gasteiger partial charge in [0.1, 0.15) is 38.5 Å². The largest absolute Gasteiger partial charge is 0.507 e. The van der Waals surface area contributed by atoms with Gasteiger partial charge in [-0.15, -0.1) is 6.58 Å². The Morgan fingerprint density at radius 1 is 1.07 bits per heavy atom. The Morgan fingerprint density at radius 2 is 1.79 bits per heavy atom. The monoisotopic (exact) mass is 394 g/mol. The highest BCUT2D eigenvalue weighted by Gasteiger charge is 2.24. The van der Waals surface area contributed by atoms with E-state index in [1.165, 1.54) is 16.7 Å². The highest BCUT2D eigenvalue weighted by molar-refractivity contribution is 5.85. The number of piperazine rings is 1. The zero-order valence-electron chi connectivity index (χ0n) is 16.7. The molecule has 4 N–H and O–H groups in total. The number of para-hydroxylation sites is 1. The molecule has 0 atom stereocenters. The maximum Gasteiger partial charge on any atom is 0.295 e. The molecule has 2 aromatic carbocycles. The fraction of sp³-hybridized carbons (Fsp3) is 0.304. The Labute approximate surface area is 172 Å². The van der Waals surface area contributed by atoms with Gasteiger partial charge in [-0.05, 0) is 18.1 Å². The highest BCUT2D eigenvalue weighted by Crippen LogP contribution is 2.21. The molecule has 152 valence electrons. The lowest BCUT2D eigenvalue weighted by molar-refractivity contribution is -1.02. The number of aromatic hydroxyl groups is 1. The number of hydrogen-bond donors (Lipinski definition) is 4. The molecule has 29 heavy (non-hydrogen) atoms. The molecule has 1 heterocycles. The number of phenolic OH excluding ortho intramolecular Hbond substituents is 1. The average molecular weight is 395 g/mol. The van der Waals surface area contributed by atoms with E-state index in [0.29, 0.717) is 18.5 Å². The molecule has 0 spiro atoms. The van der Waals surface area contributed by atoms with Crippen LogP contribution >= 0.6 is 0 Å². The van der Waals surface area contributed by atoms with Crippen LogP contribution in [0.3, 0.4) is 0 Å². The van der Waals surface area contributed by atoms with Crippen LogP contribution < -0.4 is 15.2 Å². The minimum absolute atomic E-state index is 0.107. The van der Waals surface area contributed by atoms with Crippen LogP contribution in [0.1, 0.15) is 16.7 Å². The van der Waals surface area contributed by atoms with Gasteiger partial charge in [0.05, 0.1) is 6.21 Å². The van der Waals surface area contributed by atoms with Gasteiger partial charge in [0.2, 0.25) is 0 Å². The summed E-state index contributed by atoms with van der Waals surface area (Å²) in [5.74, 6) is 0.0676. The zero-order valence-corrected chi connectivity index (χ0v) is 16.7. The number of rotatable bonds is 8. The number of hydrogen-bond acceptors (Lipinski definition) is 3. The summed E-state index contributed by atoms with van der Waals surface area (Å²) in [6, 6.07) is 16.0. The van der Waals surface area contributed by atoms with Gasteiger partial charge in [0.25, 0.3) is 5.91 Å². The second-order valence-corrected chi connectivity index (χ2v) is 7.48. The molecule has 1 fully saturated rings. The van der Waals surface area contributed by atoms with Crippen molar-refractivity contribution in [2.75, 3.05) is 32.7 Å². The van der Waals surface area contributed by atoms with Gasteiger partial charge in [0.15, 0.2) is 6.54 Å².